The van der Waals surface area contributed by atoms with E-state index in [1.54, 1.807) is 0 Å². The van der Waals surface area contributed by atoms with Gasteiger partial charge in [-0.3, -0.25) is 4.79 Å². The quantitative estimate of drug-likeness (QED) is 0.105. The highest BCUT2D eigenvalue weighted by atomic mass is 16.7. The van der Waals surface area contributed by atoms with Crippen molar-refractivity contribution in [3.05, 3.63) is 0 Å². The summed E-state index contributed by atoms with van der Waals surface area (Å²) in [6.07, 6.45) is -4.11. The first-order valence-corrected chi connectivity index (χ1v) is 14.3. The van der Waals surface area contributed by atoms with Gasteiger partial charge >= 0.3 is 5.97 Å². The first-order valence-electron chi connectivity index (χ1n) is 14.3. The van der Waals surface area contributed by atoms with Crippen molar-refractivity contribution in [2.75, 3.05) is 6.61 Å². The Kier molecular flexibility index (Phi) is 14.9. The predicted molar refractivity (Wildman–Crippen MR) is 137 cm³/mol. The average molecular weight is 551 g/mol. The minimum absolute atomic E-state index is 0.0635. The second-order valence-corrected chi connectivity index (χ2v) is 11.2. The van der Waals surface area contributed by atoms with Gasteiger partial charge in [-0.05, 0) is 12.3 Å². The topological polar surface area (TPSA) is 186 Å². The molecule has 0 spiro atoms. The van der Waals surface area contributed by atoms with Gasteiger partial charge in [-0.2, -0.15) is 0 Å². The van der Waals surface area contributed by atoms with Crippen LogP contribution in [0, 0.1) is 5.92 Å². The van der Waals surface area contributed by atoms with Crippen molar-refractivity contribution < 1.29 is 54.8 Å². The van der Waals surface area contributed by atoms with Gasteiger partial charge in [0.25, 0.3) is 0 Å². The second-order valence-electron chi connectivity index (χ2n) is 11.2. The lowest BCUT2D eigenvalue weighted by Crippen LogP contribution is -2.67. The molecular weight excluding hydrogens is 500 g/mol. The molecule has 10 atom stereocenters. The maximum absolute atomic E-state index is 12.5. The molecule has 224 valence electrons. The van der Waals surface area contributed by atoms with E-state index in [0.29, 0.717) is 6.42 Å². The minimum Gasteiger partial charge on any atom is -0.457 e. The van der Waals surface area contributed by atoms with Crippen molar-refractivity contribution in [2.24, 2.45) is 5.92 Å². The highest BCUT2D eigenvalue weighted by Crippen LogP contribution is 2.30. The summed E-state index contributed by atoms with van der Waals surface area (Å²) >= 11 is 0. The van der Waals surface area contributed by atoms with E-state index < -0.39 is 67.2 Å². The van der Waals surface area contributed by atoms with Crippen LogP contribution >= 0.6 is 0 Å². The van der Waals surface area contributed by atoms with E-state index in [9.17, 15) is 40.5 Å². The summed E-state index contributed by atoms with van der Waals surface area (Å²) in [7, 11) is 0. The molecule has 1 aliphatic heterocycles. The summed E-state index contributed by atoms with van der Waals surface area (Å²) in [5.74, 6) is 0.109. The van der Waals surface area contributed by atoms with Crippen LogP contribution in [0.2, 0.25) is 0 Å². The first-order chi connectivity index (χ1) is 18.0. The molecule has 1 saturated heterocycles. The smallest absolute Gasteiger partial charge is 0.306 e. The summed E-state index contributed by atoms with van der Waals surface area (Å²) in [5.41, 5.74) is 0. The Bertz CT molecular complexity index is 663. The molecule has 0 aromatic carbocycles. The zero-order valence-corrected chi connectivity index (χ0v) is 22.8. The molecule has 0 bridgehead atoms. The second kappa shape index (κ2) is 17.0. The Morgan fingerprint density at radius 3 is 1.74 bits per heavy atom. The molecule has 38 heavy (non-hydrogen) atoms. The molecule has 0 aromatic heterocycles. The zero-order valence-electron chi connectivity index (χ0n) is 22.8. The van der Waals surface area contributed by atoms with E-state index in [4.69, 9.17) is 14.2 Å². The number of esters is 1. The molecule has 11 heteroatoms. The van der Waals surface area contributed by atoms with Crippen molar-refractivity contribution in [3.8, 4) is 0 Å². The largest absolute Gasteiger partial charge is 0.457 e. The van der Waals surface area contributed by atoms with Gasteiger partial charge in [0.1, 0.15) is 48.8 Å². The van der Waals surface area contributed by atoms with Crippen molar-refractivity contribution in [1.29, 1.82) is 0 Å². The molecule has 7 N–H and O–H groups in total. The third-order valence-corrected chi connectivity index (χ3v) is 7.47. The highest BCUT2D eigenvalue weighted by molar-refractivity contribution is 5.69. The first kappa shape index (κ1) is 33.3. The van der Waals surface area contributed by atoms with Gasteiger partial charge in [-0.25, -0.2) is 0 Å². The van der Waals surface area contributed by atoms with Crippen LogP contribution in [0.1, 0.15) is 90.9 Å². The van der Waals surface area contributed by atoms with Crippen LogP contribution in [0.5, 0.6) is 0 Å². The van der Waals surface area contributed by atoms with Crippen molar-refractivity contribution in [1.82, 2.24) is 0 Å². The Morgan fingerprint density at radius 1 is 0.684 bits per heavy atom. The molecule has 0 aromatic rings. The Morgan fingerprint density at radius 2 is 1.18 bits per heavy atom. The van der Waals surface area contributed by atoms with Crippen molar-refractivity contribution in [3.63, 3.8) is 0 Å². The van der Waals surface area contributed by atoms with Gasteiger partial charge in [0, 0.05) is 6.42 Å². The molecule has 0 amide bonds. The van der Waals surface area contributed by atoms with Crippen LogP contribution < -0.4 is 0 Å². The molecule has 2 fully saturated rings. The fourth-order valence-electron chi connectivity index (χ4n) is 4.98. The highest BCUT2D eigenvalue weighted by Gasteiger charge is 2.53. The summed E-state index contributed by atoms with van der Waals surface area (Å²) in [4.78, 5) is 12.5. The third-order valence-electron chi connectivity index (χ3n) is 7.47. The van der Waals surface area contributed by atoms with E-state index in [2.05, 4.69) is 13.8 Å². The predicted octanol–water partition coefficient (Wildman–Crippen LogP) is 0.517. The van der Waals surface area contributed by atoms with E-state index in [1.807, 2.05) is 0 Å². The number of carbonyl (C=O) groups excluding carboxylic acids is 1. The zero-order chi connectivity index (χ0) is 28.2. The van der Waals surface area contributed by atoms with E-state index >= 15 is 0 Å². The Balaban J connectivity index is 1.73. The molecule has 1 aliphatic carbocycles. The average Bonchev–Trinajstić information content (AvgIpc) is 2.88. The number of unbranched alkanes of at least 4 members (excludes halogenated alkanes) is 9. The number of aliphatic hydroxyl groups excluding tert-OH is 7. The lowest BCUT2D eigenvalue weighted by atomic mass is 9.84. The standard InChI is InChI=1S/C27H50O11/c1-16(2)13-11-9-7-5-3-4-6-8-10-12-14-18(29)37-25-22(33)20(31)21(32)23(34)26(25)38-27-24(35)19(30)17(28)15-36-27/h16-17,19-28,30-35H,3-15H2,1-2H3. The molecular formula is C27H50O11. The van der Waals surface area contributed by atoms with Gasteiger partial charge in [-0.15, -0.1) is 0 Å². The number of hydrogen-bond donors (Lipinski definition) is 7. The molecule has 2 aliphatic rings. The van der Waals surface area contributed by atoms with E-state index in [1.165, 1.54) is 44.9 Å². The lowest BCUT2D eigenvalue weighted by molar-refractivity contribution is -0.322. The van der Waals surface area contributed by atoms with Gasteiger partial charge in [-0.1, -0.05) is 78.1 Å². The molecule has 0 radical (unpaired) electrons. The van der Waals surface area contributed by atoms with Crippen molar-refractivity contribution >= 4 is 5.97 Å². The van der Waals surface area contributed by atoms with Crippen LogP contribution in [-0.4, -0.2) is 110 Å². The summed E-state index contributed by atoms with van der Waals surface area (Å²) < 4.78 is 16.0. The number of aliphatic hydroxyl groups is 7. The van der Waals surface area contributed by atoms with Gasteiger partial charge in [0.05, 0.1) is 6.61 Å². The van der Waals surface area contributed by atoms with Crippen LogP contribution in [0.25, 0.3) is 0 Å². The summed E-state index contributed by atoms with van der Waals surface area (Å²) in [5, 5.41) is 70.7. The normalized spacial score (nSPS) is 35.9. The van der Waals surface area contributed by atoms with Crippen LogP contribution in [0.3, 0.4) is 0 Å². The maximum atomic E-state index is 12.5. The maximum Gasteiger partial charge on any atom is 0.306 e. The van der Waals surface area contributed by atoms with Crippen LogP contribution in [-0.2, 0) is 19.0 Å². The fraction of sp³-hybridized carbons (Fsp3) is 0.963. The third kappa shape index (κ3) is 10.3. The number of hydrogen-bond acceptors (Lipinski definition) is 11. The number of ether oxygens (including phenoxy) is 3. The van der Waals surface area contributed by atoms with Gasteiger partial charge < -0.3 is 50.0 Å². The monoisotopic (exact) mass is 550 g/mol. The Hall–Kier alpha value is -0.890. The molecule has 11 nitrogen and oxygen atoms in total. The minimum atomic E-state index is -1.82. The van der Waals surface area contributed by atoms with Crippen LogP contribution in [0.15, 0.2) is 0 Å². The van der Waals surface area contributed by atoms with Crippen molar-refractivity contribution in [2.45, 2.75) is 152 Å². The summed E-state index contributed by atoms with van der Waals surface area (Å²) in [6, 6.07) is 0. The molecule has 1 heterocycles. The van der Waals surface area contributed by atoms with Crippen LogP contribution in [0.4, 0.5) is 0 Å². The van der Waals surface area contributed by atoms with Gasteiger partial charge in [0.15, 0.2) is 12.4 Å². The Labute approximate surface area is 225 Å². The number of rotatable bonds is 16. The molecule has 10 unspecified atom stereocenters. The van der Waals surface area contributed by atoms with Gasteiger partial charge in [0.2, 0.25) is 0 Å². The lowest BCUT2D eigenvalue weighted by Gasteiger charge is -2.45. The SMILES string of the molecule is CC(C)CCCCCCCCCCCCC(=O)OC1C(O)C(O)C(O)C(O)C1OC1OCC(O)C(O)C1O. The fourth-order valence-corrected chi connectivity index (χ4v) is 4.98. The molecule has 2 rings (SSSR count). The number of carbonyl (C=O) groups is 1. The van der Waals surface area contributed by atoms with E-state index in [0.717, 1.165) is 25.2 Å². The van der Waals surface area contributed by atoms with E-state index in [-0.39, 0.29) is 13.0 Å². The molecule has 1 saturated carbocycles. The summed E-state index contributed by atoms with van der Waals surface area (Å²) in [6.45, 7) is 4.13.